The topological polar surface area (TPSA) is 29.1 Å². The molecule has 0 heterocycles. The van der Waals surface area contributed by atoms with Gasteiger partial charge in [-0.3, -0.25) is 4.79 Å². The van der Waals surface area contributed by atoms with Crippen LogP contribution in [0.15, 0.2) is 48.5 Å². The third-order valence-electron chi connectivity index (χ3n) is 2.85. The lowest BCUT2D eigenvalue weighted by Gasteiger charge is -2.07. The van der Waals surface area contributed by atoms with Crippen LogP contribution in [0.2, 0.25) is 5.02 Å². The van der Waals surface area contributed by atoms with Crippen LogP contribution < -0.4 is 5.32 Å². The fourth-order valence-corrected chi connectivity index (χ4v) is 2.00. The molecule has 1 amide bonds. The SMILES string of the molecule is CCCC(=O)Nc1cc(Cl)ccc1C#Cc1ccccc1. The monoisotopic (exact) mass is 297 g/mol. The van der Waals surface area contributed by atoms with Gasteiger partial charge < -0.3 is 5.32 Å². The lowest BCUT2D eigenvalue weighted by molar-refractivity contribution is -0.116. The van der Waals surface area contributed by atoms with Crippen molar-refractivity contribution >= 4 is 23.2 Å². The van der Waals surface area contributed by atoms with Crippen LogP contribution in [0.1, 0.15) is 30.9 Å². The molecule has 2 aromatic rings. The molecule has 3 heteroatoms. The van der Waals surface area contributed by atoms with Crippen molar-refractivity contribution in [3.8, 4) is 11.8 Å². The zero-order chi connectivity index (χ0) is 15.1. The van der Waals surface area contributed by atoms with Gasteiger partial charge in [0.15, 0.2) is 0 Å². The van der Waals surface area contributed by atoms with Crippen molar-refractivity contribution < 1.29 is 4.79 Å². The average molecular weight is 298 g/mol. The van der Waals surface area contributed by atoms with E-state index in [0.29, 0.717) is 17.1 Å². The zero-order valence-electron chi connectivity index (χ0n) is 11.8. The number of hydrogen-bond donors (Lipinski definition) is 1. The maximum atomic E-state index is 11.7. The molecule has 0 aromatic heterocycles. The third-order valence-corrected chi connectivity index (χ3v) is 3.08. The molecule has 0 aliphatic rings. The van der Waals surface area contributed by atoms with Gasteiger partial charge in [0, 0.05) is 22.6 Å². The van der Waals surface area contributed by atoms with Crippen LogP contribution in [0, 0.1) is 11.8 Å². The van der Waals surface area contributed by atoms with Gasteiger partial charge in [0.05, 0.1) is 5.69 Å². The van der Waals surface area contributed by atoms with E-state index < -0.39 is 0 Å². The number of rotatable bonds is 3. The first kappa shape index (κ1) is 15.2. The molecule has 21 heavy (non-hydrogen) atoms. The van der Waals surface area contributed by atoms with Gasteiger partial charge in [-0.25, -0.2) is 0 Å². The first-order chi connectivity index (χ1) is 10.2. The van der Waals surface area contributed by atoms with Crippen LogP contribution in [0.25, 0.3) is 0 Å². The first-order valence-corrected chi connectivity index (χ1v) is 7.23. The van der Waals surface area contributed by atoms with E-state index in [-0.39, 0.29) is 5.91 Å². The summed E-state index contributed by atoms with van der Waals surface area (Å²) >= 11 is 6.00. The summed E-state index contributed by atoms with van der Waals surface area (Å²) in [5.74, 6) is 6.14. The minimum atomic E-state index is -0.0254. The molecule has 0 spiro atoms. The maximum Gasteiger partial charge on any atom is 0.224 e. The Morgan fingerprint density at radius 3 is 2.62 bits per heavy atom. The lowest BCUT2D eigenvalue weighted by atomic mass is 10.1. The van der Waals surface area contributed by atoms with Crippen LogP contribution in [0.5, 0.6) is 0 Å². The highest BCUT2D eigenvalue weighted by molar-refractivity contribution is 6.31. The highest BCUT2D eigenvalue weighted by Crippen LogP contribution is 2.21. The molecule has 0 aliphatic heterocycles. The Balaban J connectivity index is 2.27. The molecular formula is C18H16ClNO. The Kier molecular flexibility index (Phi) is 5.43. The number of halogens is 1. The summed E-state index contributed by atoms with van der Waals surface area (Å²) < 4.78 is 0. The van der Waals surface area contributed by atoms with Crippen molar-refractivity contribution in [2.45, 2.75) is 19.8 Å². The minimum Gasteiger partial charge on any atom is -0.325 e. The number of carbonyl (C=O) groups excluding carboxylic acids is 1. The molecule has 0 saturated carbocycles. The Labute approximate surface area is 130 Å². The van der Waals surface area contributed by atoms with Crippen LogP contribution in [0.4, 0.5) is 5.69 Å². The van der Waals surface area contributed by atoms with Crippen molar-refractivity contribution in [3.63, 3.8) is 0 Å². The van der Waals surface area contributed by atoms with Gasteiger partial charge in [0.1, 0.15) is 0 Å². The standard InChI is InChI=1S/C18H16ClNO/c1-2-6-18(21)20-17-13-16(19)12-11-15(17)10-9-14-7-4-3-5-8-14/h3-5,7-8,11-13H,2,6H2,1H3,(H,20,21). The Morgan fingerprint density at radius 1 is 1.14 bits per heavy atom. The first-order valence-electron chi connectivity index (χ1n) is 6.85. The second kappa shape index (κ2) is 7.52. The fraction of sp³-hybridized carbons (Fsp3) is 0.167. The van der Waals surface area contributed by atoms with E-state index in [4.69, 9.17) is 11.6 Å². The summed E-state index contributed by atoms with van der Waals surface area (Å²) in [6, 6.07) is 15.0. The third kappa shape index (κ3) is 4.66. The molecule has 0 saturated heterocycles. The fourth-order valence-electron chi connectivity index (χ4n) is 1.83. The van der Waals surface area contributed by atoms with Crippen LogP contribution >= 0.6 is 11.6 Å². The Hall–Kier alpha value is -2.24. The zero-order valence-corrected chi connectivity index (χ0v) is 12.6. The van der Waals surface area contributed by atoms with E-state index in [1.807, 2.05) is 43.3 Å². The van der Waals surface area contributed by atoms with Crippen molar-refractivity contribution in [2.75, 3.05) is 5.32 Å². The molecule has 0 unspecified atom stereocenters. The van der Waals surface area contributed by atoms with Crippen LogP contribution in [0.3, 0.4) is 0 Å². The second-order valence-corrected chi connectivity index (χ2v) is 5.04. The van der Waals surface area contributed by atoms with Crippen molar-refractivity contribution in [1.82, 2.24) is 0 Å². The molecule has 2 nitrogen and oxygen atoms in total. The maximum absolute atomic E-state index is 11.7. The molecule has 2 aromatic carbocycles. The number of carbonyl (C=O) groups is 1. The molecule has 2 rings (SSSR count). The lowest BCUT2D eigenvalue weighted by Crippen LogP contribution is -2.11. The summed E-state index contributed by atoms with van der Waals surface area (Å²) in [5.41, 5.74) is 2.34. The summed E-state index contributed by atoms with van der Waals surface area (Å²) in [7, 11) is 0. The van der Waals surface area contributed by atoms with E-state index >= 15 is 0 Å². The van der Waals surface area contributed by atoms with Gasteiger partial charge in [-0.1, -0.05) is 48.6 Å². The van der Waals surface area contributed by atoms with Gasteiger partial charge >= 0.3 is 0 Å². The molecule has 0 aliphatic carbocycles. The molecule has 0 radical (unpaired) electrons. The number of nitrogens with one attached hydrogen (secondary N) is 1. The highest BCUT2D eigenvalue weighted by Gasteiger charge is 2.05. The summed E-state index contributed by atoms with van der Waals surface area (Å²) in [4.78, 5) is 11.7. The van der Waals surface area contributed by atoms with E-state index in [9.17, 15) is 4.79 Å². The van der Waals surface area contributed by atoms with Gasteiger partial charge in [-0.2, -0.15) is 0 Å². The van der Waals surface area contributed by atoms with Gasteiger partial charge in [-0.05, 0) is 36.8 Å². The molecular weight excluding hydrogens is 282 g/mol. The highest BCUT2D eigenvalue weighted by atomic mass is 35.5. The van der Waals surface area contributed by atoms with Crippen LogP contribution in [-0.4, -0.2) is 5.91 Å². The predicted octanol–water partition coefficient (Wildman–Crippen LogP) is 4.48. The molecule has 0 atom stereocenters. The van der Waals surface area contributed by atoms with Crippen molar-refractivity contribution in [2.24, 2.45) is 0 Å². The minimum absolute atomic E-state index is 0.0254. The van der Waals surface area contributed by atoms with E-state index in [2.05, 4.69) is 17.2 Å². The Bertz CT molecular complexity index is 683. The molecule has 1 N–H and O–H groups in total. The van der Waals surface area contributed by atoms with E-state index in [1.54, 1.807) is 12.1 Å². The van der Waals surface area contributed by atoms with E-state index in [0.717, 1.165) is 17.5 Å². The quantitative estimate of drug-likeness (QED) is 0.832. The average Bonchev–Trinajstić information content (AvgIpc) is 2.48. The molecule has 106 valence electrons. The van der Waals surface area contributed by atoms with Gasteiger partial charge in [0.25, 0.3) is 0 Å². The molecule has 0 bridgehead atoms. The van der Waals surface area contributed by atoms with E-state index in [1.165, 1.54) is 0 Å². The van der Waals surface area contributed by atoms with Crippen molar-refractivity contribution in [1.29, 1.82) is 0 Å². The van der Waals surface area contributed by atoms with Crippen molar-refractivity contribution in [3.05, 3.63) is 64.7 Å². The normalized spacial score (nSPS) is 9.62. The summed E-state index contributed by atoms with van der Waals surface area (Å²) in [6.07, 6.45) is 1.29. The number of benzene rings is 2. The number of anilines is 1. The number of hydrogen-bond acceptors (Lipinski definition) is 1. The van der Waals surface area contributed by atoms with Gasteiger partial charge in [-0.15, -0.1) is 0 Å². The molecule has 0 fully saturated rings. The summed E-state index contributed by atoms with van der Waals surface area (Å²) in [6.45, 7) is 1.97. The summed E-state index contributed by atoms with van der Waals surface area (Å²) in [5, 5.41) is 3.44. The smallest absolute Gasteiger partial charge is 0.224 e. The predicted molar refractivity (Wildman–Crippen MR) is 87.4 cm³/mol. The second-order valence-electron chi connectivity index (χ2n) is 4.60. The Morgan fingerprint density at radius 2 is 1.90 bits per heavy atom. The largest absolute Gasteiger partial charge is 0.325 e. The number of amides is 1. The van der Waals surface area contributed by atoms with Gasteiger partial charge in [0.2, 0.25) is 5.91 Å². The van der Waals surface area contributed by atoms with Crippen LogP contribution in [-0.2, 0) is 4.79 Å².